The van der Waals surface area contributed by atoms with Gasteiger partial charge in [0.1, 0.15) is 17.1 Å². The summed E-state index contributed by atoms with van der Waals surface area (Å²) in [5.41, 5.74) is 1.02. The van der Waals surface area contributed by atoms with Gasteiger partial charge >= 0.3 is 0 Å². The zero-order valence-corrected chi connectivity index (χ0v) is 14.2. The van der Waals surface area contributed by atoms with Gasteiger partial charge < -0.3 is 19.4 Å². The number of aryl methyl sites for hydroxylation is 1. The molecular formula is C19H18N2O4. The summed E-state index contributed by atoms with van der Waals surface area (Å²) in [6.45, 7) is 0. The molecule has 2 aromatic carbocycles. The number of nitrogens with one attached hydrogen (secondary N) is 1. The fourth-order valence-corrected chi connectivity index (χ4v) is 2.68. The van der Waals surface area contributed by atoms with Crippen molar-refractivity contribution in [1.82, 2.24) is 4.57 Å². The maximum atomic E-state index is 12.6. The van der Waals surface area contributed by atoms with Crippen molar-refractivity contribution >= 4 is 22.5 Å². The van der Waals surface area contributed by atoms with Gasteiger partial charge in [0, 0.05) is 42.5 Å². The first kappa shape index (κ1) is 16.6. The molecule has 6 heteroatoms. The van der Waals surface area contributed by atoms with Crippen LogP contribution in [0.3, 0.4) is 0 Å². The largest absolute Gasteiger partial charge is 0.497 e. The molecule has 0 aliphatic carbocycles. The van der Waals surface area contributed by atoms with Crippen molar-refractivity contribution in [2.45, 2.75) is 0 Å². The summed E-state index contributed by atoms with van der Waals surface area (Å²) in [6.07, 6.45) is 1.54. The Balaban J connectivity index is 2.01. The van der Waals surface area contributed by atoms with Crippen LogP contribution in [0.25, 0.3) is 10.9 Å². The molecule has 0 radical (unpaired) electrons. The summed E-state index contributed by atoms with van der Waals surface area (Å²) in [5, 5.41) is 3.23. The molecule has 0 unspecified atom stereocenters. The van der Waals surface area contributed by atoms with Crippen LogP contribution in [-0.4, -0.2) is 24.7 Å². The number of pyridine rings is 1. The Morgan fingerprint density at radius 2 is 1.68 bits per heavy atom. The number of methoxy groups -OCH3 is 2. The normalized spacial score (nSPS) is 10.5. The first-order chi connectivity index (χ1) is 12.0. The van der Waals surface area contributed by atoms with Crippen molar-refractivity contribution < 1.29 is 14.3 Å². The lowest BCUT2D eigenvalue weighted by Gasteiger charge is -2.11. The van der Waals surface area contributed by atoms with E-state index in [0.717, 1.165) is 5.52 Å². The van der Waals surface area contributed by atoms with Crippen molar-refractivity contribution in [3.8, 4) is 11.5 Å². The van der Waals surface area contributed by atoms with Gasteiger partial charge in [-0.2, -0.15) is 0 Å². The van der Waals surface area contributed by atoms with Gasteiger partial charge in [-0.3, -0.25) is 9.59 Å². The number of nitrogens with zero attached hydrogens (tertiary/aromatic N) is 1. The molecule has 0 saturated heterocycles. The van der Waals surface area contributed by atoms with Crippen molar-refractivity contribution in [1.29, 1.82) is 0 Å². The average molecular weight is 338 g/mol. The van der Waals surface area contributed by atoms with Crippen LogP contribution in [-0.2, 0) is 7.05 Å². The van der Waals surface area contributed by atoms with Crippen LogP contribution in [0.2, 0.25) is 0 Å². The minimum atomic E-state index is -0.485. The minimum Gasteiger partial charge on any atom is -0.497 e. The Labute approximate surface area is 144 Å². The fraction of sp³-hybridized carbons (Fsp3) is 0.158. The quantitative estimate of drug-likeness (QED) is 0.794. The molecule has 1 aromatic heterocycles. The molecule has 1 N–H and O–H groups in total. The molecule has 1 heterocycles. The van der Waals surface area contributed by atoms with E-state index in [1.165, 1.54) is 20.4 Å². The molecule has 25 heavy (non-hydrogen) atoms. The van der Waals surface area contributed by atoms with Gasteiger partial charge in [-0.1, -0.05) is 12.1 Å². The molecule has 3 rings (SSSR count). The van der Waals surface area contributed by atoms with Gasteiger partial charge in [-0.15, -0.1) is 0 Å². The lowest BCUT2D eigenvalue weighted by atomic mass is 10.1. The zero-order valence-electron chi connectivity index (χ0n) is 14.2. The Morgan fingerprint density at radius 1 is 1.04 bits per heavy atom. The van der Waals surface area contributed by atoms with Gasteiger partial charge in [0.15, 0.2) is 0 Å². The van der Waals surface area contributed by atoms with E-state index in [0.29, 0.717) is 22.6 Å². The van der Waals surface area contributed by atoms with E-state index in [1.54, 1.807) is 41.9 Å². The first-order valence-electron chi connectivity index (χ1n) is 7.66. The third-order valence-corrected chi connectivity index (χ3v) is 3.95. The molecule has 0 aliphatic rings. The van der Waals surface area contributed by atoms with Gasteiger partial charge in [0.05, 0.1) is 19.7 Å². The summed E-state index contributed by atoms with van der Waals surface area (Å²) < 4.78 is 12.1. The standard InChI is InChI=1S/C19H18N2O4/c1-21-11-16(18(22)15-6-4-5-7-17(15)21)19(23)20-12-8-13(24-2)10-14(9-12)25-3/h4-11H,1-3H3,(H,20,23). The highest BCUT2D eigenvalue weighted by Crippen LogP contribution is 2.26. The van der Waals surface area contributed by atoms with Crippen molar-refractivity contribution in [3.63, 3.8) is 0 Å². The lowest BCUT2D eigenvalue weighted by Crippen LogP contribution is -2.23. The number of benzene rings is 2. The van der Waals surface area contributed by atoms with E-state index >= 15 is 0 Å². The topological polar surface area (TPSA) is 69.6 Å². The number of anilines is 1. The van der Waals surface area contributed by atoms with Gasteiger partial charge in [0.2, 0.25) is 5.43 Å². The Bertz CT molecular complexity index is 986. The van der Waals surface area contributed by atoms with E-state index < -0.39 is 5.91 Å². The number of hydrogen-bond donors (Lipinski definition) is 1. The van der Waals surface area contributed by atoms with Crippen LogP contribution in [0, 0.1) is 0 Å². The second kappa shape index (κ2) is 6.68. The third kappa shape index (κ3) is 3.19. The van der Waals surface area contributed by atoms with Gasteiger partial charge in [0.25, 0.3) is 5.91 Å². The molecule has 0 aliphatic heterocycles. The van der Waals surface area contributed by atoms with Crippen LogP contribution < -0.4 is 20.2 Å². The molecule has 0 fully saturated rings. The van der Waals surface area contributed by atoms with E-state index in [9.17, 15) is 9.59 Å². The Morgan fingerprint density at radius 3 is 2.32 bits per heavy atom. The average Bonchev–Trinajstić information content (AvgIpc) is 2.64. The maximum absolute atomic E-state index is 12.6. The third-order valence-electron chi connectivity index (χ3n) is 3.95. The maximum Gasteiger partial charge on any atom is 0.261 e. The van der Waals surface area contributed by atoms with Crippen molar-refractivity contribution in [3.05, 3.63) is 64.4 Å². The zero-order chi connectivity index (χ0) is 18.0. The number of para-hydroxylation sites is 1. The molecule has 1 amide bonds. The van der Waals surface area contributed by atoms with E-state index in [1.807, 2.05) is 12.1 Å². The van der Waals surface area contributed by atoms with Crippen molar-refractivity contribution in [2.75, 3.05) is 19.5 Å². The van der Waals surface area contributed by atoms with E-state index in [2.05, 4.69) is 5.32 Å². The number of hydrogen-bond acceptors (Lipinski definition) is 4. The highest BCUT2D eigenvalue weighted by atomic mass is 16.5. The predicted octanol–water partition coefficient (Wildman–Crippen LogP) is 2.81. The second-order valence-electron chi connectivity index (χ2n) is 5.56. The summed E-state index contributed by atoms with van der Waals surface area (Å²) >= 11 is 0. The van der Waals surface area contributed by atoms with Crippen LogP contribution in [0.1, 0.15) is 10.4 Å². The summed E-state index contributed by atoms with van der Waals surface area (Å²) in [4.78, 5) is 25.3. The van der Waals surface area contributed by atoms with Crippen LogP contribution in [0.5, 0.6) is 11.5 Å². The highest BCUT2D eigenvalue weighted by Gasteiger charge is 2.15. The molecule has 128 valence electrons. The van der Waals surface area contributed by atoms with Crippen LogP contribution >= 0.6 is 0 Å². The van der Waals surface area contributed by atoms with Crippen LogP contribution in [0.15, 0.2) is 53.5 Å². The SMILES string of the molecule is COc1cc(NC(=O)c2cn(C)c3ccccc3c2=O)cc(OC)c1. The highest BCUT2D eigenvalue weighted by molar-refractivity contribution is 6.05. The molecule has 3 aromatic rings. The molecule has 0 bridgehead atoms. The monoisotopic (exact) mass is 338 g/mol. The summed E-state index contributed by atoms with van der Waals surface area (Å²) in [6, 6.07) is 12.2. The number of amides is 1. The fourth-order valence-electron chi connectivity index (χ4n) is 2.68. The Hall–Kier alpha value is -3.28. The van der Waals surface area contributed by atoms with Crippen LogP contribution in [0.4, 0.5) is 5.69 Å². The lowest BCUT2D eigenvalue weighted by molar-refractivity contribution is 0.102. The summed E-state index contributed by atoms with van der Waals surface area (Å²) in [7, 11) is 4.85. The Kier molecular flexibility index (Phi) is 4.43. The first-order valence-corrected chi connectivity index (χ1v) is 7.66. The smallest absolute Gasteiger partial charge is 0.261 e. The summed E-state index contributed by atoms with van der Waals surface area (Å²) in [5.74, 6) is 0.601. The van der Waals surface area contributed by atoms with E-state index in [-0.39, 0.29) is 11.0 Å². The molecule has 0 atom stereocenters. The number of aromatic nitrogens is 1. The molecule has 6 nitrogen and oxygen atoms in total. The molecule has 0 saturated carbocycles. The molecular weight excluding hydrogens is 320 g/mol. The number of rotatable bonds is 4. The van der Waals surface area contributed by atoms with E-state index in [4.69, 9.17) is 9.47 Å². The van der Waals surface area contributed by atoms with Gasteiger partial charge in [-0.05, 0) is 12.1 Å². The number of fused-ring (bicyclic) bond motifs is 1. The number of carbonyl (C=O) groups excluding carboxylic acids is 1. The van der Waals surface area contributed by atoms with Gasteiger partial charge in [-0.25, -0.2) is 0 Å². The number of carbonyl (C=O) groups is 1. The predicted molar refractivity (Wildman–Crippen MR) is 96.7 cm³/mol. The minimum absolute atomic E-state index is 0.0722. The number of ether oxygens (including phenoxy) is 2. The van der Waals surface area contributed by atoms with Crippen molar-refractivity contribution in [2.24, 2.45) is 7.05 Å². The molecule has 0 spiro atoms. The second-order valence-corrected chi connectivity index (χ2v) is 5.56.